The molecule has 1 aromatic heterocycles. The maximum atomic E-state index is 12.3. The van der Waals surface area contributed by atoms with Gasteiger partial charge in [0.25, 0.3) is 5.91 Å². The Kier molecular flexibility index (Phi) is 7.65. The van der Waals surface area contributed by atoms with E-state index in [1.165, 1.54) is 23.9 Å². The van der Waals surface area contributed by atoms with Crippen molar-refractivity contribution in [3.63, 3.8) is 0 Å². The summed E-state index contributed by atoms with van der Waals surface area (Å²) in [5, 5.41) is 12.5. The Morgan fingerprint density at radius 2 is 2.15 bits per heavy atom. The second-order valence-corrected chi connectivity index (χ2v) is 5.91. The van der Waals surface area contributed by atoms with Crippen molar-refractivity contribution in [3.05, 3.63) is 63.0 Å². The summed E-state index contributed by atoms with van der Waals surface area (Å²) < 4.78 is 11.9. The molecule has 8 heteroatoms. The zero-order valence-corrected chi connectivity index (χ0v) is 15.2. The van der Waals surface area contributed by atoms with E-state index in [-0.39, 0.29) is 31.2 Å². The number of methoxy groups -OCH3 is 1. The van der Waals surface area contributed by atoms with Gasteiger partial charge in [0.1, 0.15) is 12.3 Å². The minimum absolute atomic E-state index is 0.0897. The summed E-state index contributed by atoms with van der Waals surface area (Å²) in [6.45, 7) is 0.802. The monoisotopic (exact) mass is 380 g/mol. The van der Waals surface area contributed by atoms with Crippen LogP contribution in [0.5, 0.6) is 5.75 Å². The number of aliphatic hydroxyl groups is 1. The Balaban J connectivity index is 2.19. The van der Waals surface area contributed by atoms with Gasteiger partial charge in [-0.05, 0) is 17.7 Å². The average Bonchev–Trinajstić information content (AvgIpc) is 2.62. The predicted octanol–water partition coefficient (Wildman–Crippen LogP) is 1.45. The van der Waals surface area contributed by atoms with Gasteiger partial charge in [0.2, 0.25) is 5.43 Å². The zero-order valence-electron chi connectivity index (χ0n) is 14.4. The molecule has 0 saturated heterocycles. The summed E-state index contributed by atoms with van der Waals surface area (Å²) >= 11 is 5.93. The van der Waals surface area contributed by atoms with Crippen molar-refractivity contribution in [1.29, 1.82) is 0 Å². The van der Waals surface area contributed by atoms with Crippen molar-refractivity contribution in [2.24, 2.45) is 0 Å². The van der Waals surface area contributed by atoms with E-state index in [0.29, 0.717) is 18.2 Å². The zero-order chi connectivity index (χ0) is 18.9. The molecule has 1 heterocycles. The van der Waals surface area contributed by atoms with Gasteiger partial charge in [-0.3, -0.25) is 9.59 Å². The van der Waals surface area contributed by atoms with Gasteiger partial charge in [0.05, 0.1) is 19.4 Å². The van der Waals surface area contributed by atoms with Crippen LogP contribution in [0.4, 0.5) is 0 Å². The van der Waals surface area contributed by atoms with Crippen LogP contribution < -0.4 is 15.5 Å². The Morgan fingerprint density at radius 1 is 1.35 bits per heavy atom. The molecule has 0 unspecified atom stereocenters. The third-order valence-corrected chi connectivity index (χ3v) is 3.78. The van der Waals surface area contributed by atoms with Crippen LogP contribution in [-0.2, 0) is 17.9 Å². The molecule has 2 N–H and O–H groups in total. The van der Waals surface area contributed by atoms with E-state index in [2.05, 4.69) is 5.32 Å². The molecule has 2 aromatic rings. The molecule has 0 saturated carbocycles. The Bertz CT molecular complexity index is 806. The Hall–Kier alpha value is -2.35. The number of nitrogens with zero attached hydrogens (tertiary/aromatic N) is 1. The molecule has 0 spiro atoms. The number of benzene rings is 1. The lowest BCUT2D eigenvalue weighted by Gasteiger charge is -2.14. The summed E-state index contributed by atoms with van der Waals surface area (Å²) in [6, 6.07) is 8.31. The minimum atomic E-state index is -0.422. The molecule has 0 bridgehead atoms. The number of ether oxygens (including phenoxy) is 2. The van der Waals surface area contributed by atoms with Gasteiger partial charge in [-0.2, -0.15) is 0 Å². The summed E-state index contributed by atoms with van der Waals surface area (Å²) in [5.74, 6) is -0.333. The average molecular weight is 381 g/mol. The molecule has 26 heavy (non-hydrogen) atoms. The number of carbonyl (C=O) groups is 1. The van der Waals surface area contributed by atoms with Gasteiger partial charge in [-0.15, -0.1) is 0 Å². The van der Waals surface area contributed by atoms with Crippen LogP contribution in [0.3, 0.4) is 0 Å². The Morgan fingerprint density at radius 3 is 2.85 bits per heavy atom. The molecule has 140 valence electrons. The highest BCUT2D eigenvalue weighted by atomic mass is 35.5. The summed E-state index contributed by atoms with van der Waals surface area (Å²) in [5.41, 5.74) is 0.542. The first-order chi connectivity index (χ1) is 12.5. The van der Waals surface area contributed by atoms with E-state index in [1.54, 1.807) is 18.2 Å². The topological polar surface area (TPSA) is 89.8 Å². The molecular weight excluding hydrogens is 360 g/mol. The highest BCUT2D eigenvalue weighted by Gasteiger charge is 2.14. The highest BCUT2D eigenvalue weighted by molar-refractivity contribution is 6.30. The lowest BCUT2D eigenvalue weighted by molar-refractivity contribution is 0.0925. The standard InChI is InChI=1S/C18H21ClN2O5/c1-25-8-5-20-18(24)15-10-16(23)17(11-21(15)6-7-22)26-12-13-3-2-4-14(19)9-13/h2-4,9-11,22H,5-8,12H2,1H3,(H,20,24). The van der Waals surface area contributed by atoms with E-state index in [1.807, 2.05) is 6.07 Å². The van der Waals surface area contributed by atoms with Crippen molar-refractivity contribution in [1.82, 2.24) is 9.88 Å². The van der Waals surface area contributed by atoms with Crippen LogP contribution in [-0.4, -0.2) is 42.4 Å². The normalized spacial score (nSPS) is 10.6. The third-order valence-electron chi connectivity index (χ3n) is 3.54. The first-order valence-corrected chi connectivity index (χ1v) is 8.42. The molecule has 2 rings (SSSR count). The number of aliphatic hydroxyl groups excluding tert-OH is 1. The van der Waals surface area contributed by atoms with Gasteiger partial charge in [-0.1, -0.05) is 23.7 Å². The van der Waals surface area contributed by atoms with E-state index < -0.39 is 11.3 Å². The minimum Gasteiger partial charge on any atom is -0.483 e. The van der Waals surface area contributed by atoms with Crippen LogP contribution in [0.25, 0.3) is 0 Å². The van der Waals surface area contributed by atoms with Gasteiger partial charge in [0.15, 0.2) is 5.75 Å². The lowest BCUT2D eigenvalue weighted by atomic mass is 10.2. The van der Waals surface area contributed by atoms with Gasteiger partial charge in [-0.25, -0.2) is 0 Å². The number of hydrogen-bond acceptors (Lipinski definition) is 5. The molecule has 7 nitrogen and oxygen atoms in total. The molecule has 0 radical (unpaired) electrons. The molecule has 0 atom stereocenters. The Labute approximate surface area is 156 Å². The fraction of sp³-hybridized carbons (Fsp3) is 0.333. The van der Waals surface area contributed by atoms with E-state index in [9.17, 15) is 14.7 Å². The van der Waals surface area contributed by atoms with Crippen LogP contribution in [0.15, 0.2) is 41.3 Å². The fourth-order valence-corrected chi connectivity index (χ4v) is 2.51. The smallest absolute Gasteiger partial charge is 0.268 e. The summed E-state index contributed by atoms with van der Waals surface area (Å²) in [7, 11) is 1.53. The quantitative estimate of drug-likeness (QED) is 0.643. The number of pyridine rings is 1. The molecule has 0 aliphatic carbocycles. The van der Waals surface area contributed by atoms with Gasteiger partial charge >= 0.3 is 0 Å². The molecule has 0 aliphatic heterocycles. The molecule has 1 aromatic carbocycles. The van der Waals surface area contributed by atoms with Crippen molar-refractivity contribution in [3.8, 4) is 5.75 Å². The summed E-state index contributed by atoms with van der Waals surface area (Å²) in [6.07, 6.45) is 1.42. The number of amides is 1. The van der Waals surface area contributed by atoms with Crippen LogP contribution in [0.1, 0.15) is 16.1 Å². The largest absolute Gasteiger partial charge is 0.483 e. The van der Waals surface area contributed by atoms with Crippen LogP contribution in [0, 0.1) is 0 Å². The molecule has 0 aliphatic rings. The number of rotatable bonds is 9. The van der Waals surface area contributed by atoms with E-state index in [4.69, 9.17) is 21.1 Å². The first kappa shape index (κ1) is 20.0. The maximum Gasteiger partial charge on any atom is 0.268 e. The van der Waals surface area contributed by atoms with Crippen molar-refractivity contribution >= 4 is 17.5 Å². The SMILES string of the molecule is COCCNC(=O)c1cc(=O)c(OCc2cccc(Cl)c2)cn1CCO. The van der Waals surface area contributed by atoms with Crippen molar-refractivity contribution < 1.29 is 19.4 Å². The third kappa shape index (κ3) is 5.59. The number of aromatic nitrogens is 1. The van der Waals surface area contributed by atoms with Crippen molar-refractivity contribution in [2.75, 3.05) is 26.9 Å². The van der Waals surface area contributed by atoms with Crippen molar-refractivity contribution in [2.45, 2.75) is 13.2 Å². The first-order valence-electron chi connectivity index (χ1n) is 8.05. The lowest BCUT2D eigenvalue weighted by Crippen LogP contribution is -2.31. The van der Waals surface area contributed by atoms with Crippen LogP contribution in [0.2, 0.25) is 5.02 Å². The second-order valence-electron chi connectivity index (χ2n) is 5.47. The van der Waals surface area contributed by atoms with Crippen LogP contribution >= 0.6 is 11.6 Å². The number of nitrogens with one attached hydrogen (secondary N) is 1. The highest BCUT2D eigenvalue weighted by Crippen LogP contribution is 2.14. The maximum absolute atomic E-state index is 12.3. The van der Waals surface area contributed by atoms with Gasteiger partial charge in [0, 0.05) is 31.3 Å². The van der Waals surface area contributed by atoms with Gasteiger partial charge < -0.3 is 24.5 Å². The number of carbonyl (C=O) groups excluding carboxylic acids is 1. The molecule has 1 amide bonds. The summed E-state index contributed by atoms with van der Waals surface area (Å²) in [4.78, 5) is 24.5. The van der Waals surface area contributed by atoms with E-state index >= 15 is 0 Å². The van der Waals surface area contributed by atoms with E-state index in [0.717, 1.165) is 5.56 Å². The number of halogens is 1. The molecule has 0 fully saturated rings. The second kappa shape index (κ2) is 9.96. The molecular formula is C18H21ClN2O5. The fourth-order valence-electron chi connectivity index (χ4n) is 2.30. The predicted molar refractivity (Wildman–Crippen MR) is 97.8 cm³/mol. The number of hydrogen-bond donors (Lipinski definition) is 2.